The average molecular weight is 176 g/mol. The predicted octanol–water partition coefficient (Wildman–Crippen LogP) is 2.32. The zero-order valence-electron chi connectivity index (χ0n) is 7.73. The molecule has 0 aliphatic carbocycles. The van der Waals surface area contributed by atoms with E-state index in [1.165, 1.54) is 0 Å². The molecule has 3 nitrogen and oxygen atoms in total. The minimum absolute atomic E-state index is 0.296. The predicted molar refractivity (Wildman–Crippen MR) is 51.8 cm³/mol. The van der Waals surface area contributed by atoms with Crippen molar-refractivity contribution >= 4 is 10.9 Å². The number of fused-ring (bicyclic) bond motifs is 1. The number of aromatic nitrogens is 2. The molecular formula is C10H12N2O. The summed E-state index contributed by atoms with van der Waals surface area (Å²) >= 11 is 0. The maximum Gasteiger partial charge on any atom is 0.126 e. The zero-order chi connectivity index (χ0) is 9.42. The van der Waals surface area contributed by atoms with Crippen LogP contribution >= 0.6 is 0 Å². The monoisotopic (exact) mass is 176 g/mol. The molecule has 0 atom stereocenters. The molecule has 0 unspecified atom stereocenters. The summed E-state index contributed by atoms with van der Waals surface area (Å²) in [5.41, 5.74) is 0.841. The van der Waals surface area contributed by atoms with E-state index in [2.05, 4.69) is 18.9 Å². The van der Waals surface area contributed by atoms with E-state index in [1.807, 2.05) is 16.9 Å². The van der Waals surface area contributed by atoms with Crippen LogP contribution in [0.25, 0.3) is 10.9 Å². The van der Waals surface area contributed by atoms with E-state index in [9.17, 15) is 5.11 Å². The Hall–Kier alpha value is -1.51. The summed E-state index contributed by atoms with van der Waals surface area (Å²) in [6.07, 6.45) is 1.87. The second-order valence-electron chi connectivity index (χ2n) is 3.41. The van der Waals surface area contributed by atoms with Gasteiger partial charge in [0, 0.05) is 12.2 Å². The smallest absolute Gasteiger partial charge is 0.126 e. The Morgan fingerprint density at radius 3 is 2.77 bits per heavy atom. The lowest BCUT2D eigenvalue weighted by molar-refractivity contribution is 0.481. The van der Waals surface area contributed by atoms with Gasteiger partial charge in [-0.15, -0.1) is 0 Å². The summed E-state index contributed by atoms with van der Waals surface area (Å²) in [4.78, 5) is 0. The van der Waals surface area contributed by atoms with E-state index < -0.39 is 0 Å². The molecule has 0 bridgehead atoms. The van der Waals surface area contributed by atoms with Crippen molar-refractivity contribution in [1.82, 2.24) is 9.78 Å². The lowest BCUT2D eigenvalue weighted by Gasteiger charge is -2.02. The van der Waals surface area contributed by atoms with Crippen molar-refractivity contribution in [3.8, 4) is 5.75 Å². The summed E-state index contributed by atoms with van der Waals surface area (Å²) < 4.78 is 1.85. The summed E-state index contributed by atoms with van der Waals surface area (Å²) in [7, 11) is 0. The molecule has 2 rings (SSSR count). The Bertz CT molecular complexity index is 431. The van der Waals surface area contributed by atoms with Crippen LogP contribution in [0.2, 0.25) is 0 Å². The fourth-order valence-electron chi connectivity index (χ4n) is 1.31. The van der Waals surface area contributed by atoms with E-state index >= 15 is 0 Å². The van der Waals surface area contributed by atoms with Crippen LogP contribution in [-0.4, -0.2) is 14.9 Å². The summed E-state index contributed by atoms with van der Waals surface area (Å²) in [6.45, 7) is 4.12. The average Bonchev–Trinajstić information content (AvgIpc) is 2.49. The molecule has 2 aromatic rings. The van der Waals surface area contributed by atoms with Crippen molar-refractivity contribution < 1.29 is 5.11 Å². The topological polar surface area (TPSA) is 38.0 Å². The van der Waals surface area contributed by atoms with Gasteiger partial charge in [0.25, 0.3) is 0 Å². The van der Waals surface area contributed by atoms with Crippen LogP contribution in [0.15, 0.2) is 24.4 Å². The number of hydrogen-bond donors (Lipinski definition) is 1. The fraction of sp³-hybridized carbons (Fsp3) is 0.300. The van der Waals surface area contributed by atoms with Crippen LogP contribution in [0, 0.1) is 0 Å². The van der Waals surface area contributed by atoms with Gasteiger partial charge in [-0.3, -0.25) is 4.68 Å². The highest BCUT2D eigenvalue weighted by Gasteiger charge is 2.05. The molecule has 1 heterocycles. The molecule has 0 saturated carbocycles. The first-order chi connectivity index (χ1) is 6.18. The highest BCUT2D eigenvalue weighted by atomic mass is 16.3. The Kier molecular flexibility index (Phi) is 1.72. The van der Waals surface area contributed by atoms with Gasteiger partial charge in [-0.05, 0) is 26.0 Å². The van der Waals surface area contributed by atoms with Crippen LogP contribution < -0.4 is 0 Å². The number of rotatable bonds is 1. The minimum atomic E-state index is 0.296. The first kappa shape index (κ1) is 8.10. The highest BCUT2D eigenvalue weighted by Crippen LogP contribution is 2.23. The number of phenolic OH excluding ortho intramolecular Hbond substituents is 1. The van der Waals surface area contributed by atoms with Crippen molar-refractivity contribution in [3.63, 3.8) is 0 Å². The van der Waals surface area contributed by atoms with E-state index in [0.29, 0.717) is 11.8 Å². The van der Waals surface area contributed by atoms with Gasteiger partial charge in [-0.2, -0.15) is 5.10 Å². The first-order valence-electron chi connectivity index (χ1n) is 4.35. The molecule has 0 spiro atoms. The van der Waals surface area contributed by atoms with Crippen molar-refractivity contribution in [3.05, 3.63) is 24.4 Å². The van der Waals surface area contributed by atoms with Crippen molar-refractivity contribution in [2.24, 2.45) is 0 Å². The van der Waals surface area contributed by atoms with Crippen molar-refractivity contribution in [2.45, 2.75) is 19.9 Å². The van der Waals surface area contributed by atoms with E-state index in [1.54, 1.807) is 12.1 Å². The number of benzene rings is 1. The molecule has 1 N–H and O–H groups in total. The summed E-state index contributed by atoms with van der Waals surface area (Å²) in [5, 5.41) is 14.7. The molecule has 0 aliphatic heterocycles. The first-order valence-corrected chi connectivity index (χ1v) is 4.35. The zero-order valence-corrected chi connectivity index (χ0v) is 7.73. The van der Waals surface area contributed by atoms with Crippen LogP contribution in [-0.2, 0) is 0 Å². The van der Waals surface area contributed by atoms with Gasteiger partial charge in [0.2, 0.25) is 0 Å². The standard InChI is InChI=1S/C10H12N2O/c1-7(2)12-6-8-9(11-12)4-3-5-10(8)13/h3-7,13H,1-2H3. The molecule has 0 aliphatic rings. The van der Waals surface area contributed by atoms with E-state index in [0.717, 1.165) is 10.9 Å². The molecular weight excluding hydrogens is 164 g/mol. The van der Waals surface area contributed by atoms with Gasteiger partial charge in [-0.1, -0.05) is 6.07 Å². The maximum absolute atomic E-state index is 9.51. The van der Waals surface area contributed by atoms with Gasteiger partial charge >= 0.3 is 0 Å². The normalized spacial score (nSPS) is 11.3. The summed E-state index contributed by atoms with van der Waals surface area (Å²) in [6, 6.07) is 5.70. The fourth-order valence-corrected chi connectivity index (χ4v) is 1.31. The molecule has 0 fully saturated rings. The second-order valence-corrected chi connectivity index (χ2v) is 3.41. The van der Waals surface area contributed by atoms with E-state index in [-0.39, 0.29) is 0 Å². The maximum atomic E-state index is 9.51. The Morgan fingerprint density at radius 2 is 2.15 bits per heavy atom. The molecule has 13 heavy (non-hydrogen) atoms. The quantitative estimate of drug-likeness (QED) is 0.724. The van der Waals surface area contributed by atoms with E-state index in [4.69, 9.17) is 0 Å². The van der Waals surface area contributed by atoms with Gasteiger partial charge in [-0.25, -0.2) is 0 Å². The van der Waals surface area contributed by atoms with Crippen molar-refractivity contribution in [2.75, 3.05) is 0 Å². The molecule has 1 aromatic heterocycles. The third kappa shape index (κ3) is 1.26. The lowest BCUT2D eigenvalue weighted by atomic mass is 10.2. The van der Waals surface area contributed by atoms with Crippen LogP contribution in [0.4, 0.5) is 0 Å². The van der Waals surface area contributed by atoms with Gasteiger partial charge in [0.15, 0.2) is 0 Å². The molecule has 3 heteroatoms. The SMILES string of the molecule is CC(C)n1cc2c(O)cccc2n1. The molecule has 1 aromatic carbocycles. The third-order valence-corrected chi connectivity index (χ3v) is 2.07. The Morgan fingerprint density at radius 1 is 1.38 bits per heavy atom. The van der Waals surface area contributed by atoms with Gasteiger partial charge < -0.3 is 5.11 Å². The minimum Gasteiger partial charge on any atom is -0.507 e. The lowest BCUT2D eigenvalue weighted by Crippen LogP contribution is -1.99. The Labute approximate surface area is 76.6 Å². The van der Waals surface area contributed by atoms with Crippen LogP contribution in [0.1, 0.15) is 19.9 Å². The molecule has 0 saturated heterocycles. The van der Waals surface area contributed by atoms with Gasteiger partial charge in [0.1, 0.15) is 5.75 Å². The highest BCUT2D eigenvalue weighted by molar-refractivity contribution is 5.84. The largest absolute Gasteiger partial charge is 0.507 e. The number of aromatic hydroxyl groups is 1. The summed E-state index contributed by atoms with van der Waals surface area (Å²) in [5.74, 6) is 0.296. The Balaban J connectivity index is 2.68. The number of nitrogens with zero attached hydrogens (tertiary/aromatic N) is 2. The third-order valence-electron chi connectivity index (χ3n) is 2.07. The van der Waals surface area contributed by atoms with Crippen LogP contribution in [0.5, 0.6) is 5.75 Å². The van der Waals surface area contributed by atoms with Crippen molar-refractivity contribution in [1.29, 1.82) is 0 Å². The molecule has 0 amide bonds. The number of phenols is 1. The van der Waals surface area contributed by atoms with Crippen LogP contribution in [0.3, 0.4) is 0 Å². The molecule has 0 radical (unpaired) electrons. The number of hydrogen-bond acceptors (Lipinski definition) is 2. The van der Waals surface area contributed by atoms with Gasteiger partial charge in [0.05, 0.1) is 10.9 Å². The second kappa shape index (κ2) is 2.76. The molecule has 68 valence electrons.